The molecule has 0 spiro atoms. The zero-order valence-corrected chi connectivity index (χ0v) is 10.3. The molecule has 0 saturated carbocycles. The highest BCUT2D eigenvalue weighted by Gasteiger charge is 2.01. The van der Waals surface area contributed by atoms with Gasteiger partial charge in [0.05, 0.1) is 18.7 Å². The van der Waals surface area contributed by atoms with Gasteiger partial charge in [-0.3, -0.25) is 9.78 Å². The molecule has 2 aromatic rings. The molecule has 0 aliphatic carbocycles. The minimum atomic E-state index is -0.222. The quantitative estimate of drug-likeness (QED) is 0.816. The SMILES string of the molecule is CCOC(=O)CNCc1ccc2ncccc2c1. The first kappa shape index (κ1) is 12.5. The molecule has 4 nitrogen and oxygen atoms in total. The lowest BCUT2D eigenvalue weighted by molar-refractivity contribution is -0.142. The number of hydrogen-bond acceptors (Lipinski definition) is 4. The van der Waals surface area contributed by atoms with Crippen LogP contribution in [-0.4, -0.2) is 24.1 Å². The molecule has 0 saturated heterocycles. The Morgan fingerprint density at radius 3 is 3.11 bits per heavy atom. The number of carbonyl (C=O) groups is 1. The Morgan fingerprint density at radius 1 is 1.39 bits per heavy atom. The van der Waals surface area contributed by atoms with E-state index in [0.29, 0.717) is 13.2 Å². The van der Waals surface area contributed by atoms with Gasteiger partial charge in [0.2, 0.25) is 0 Å². The second kappa shape index (κ2) is 6.12. The van der Waals surface area contributed by atoms with Crippen LogP contribution in [0.15, 0.2) is 36.5 Å². The summed E-state index contributed by atoms with van der Waals surface area (Å²) < 4.78 is 4.84. The summed E-state index contributed by atoms with van der Waals surface area (Å²) in [5.41, 5.74) is 2.10. The minimum Gasteiger partial charge on any atom is -0.465 e. The lowest BCUT2D eigenvalue weighted by Gasteiger charge is -2.05. The van der Waals surface area contributed by atoms with Crippen LogP contribution in [0.4, 0.5) is 0 Å². The molecule has 0 aliphatic heterocycles. The van der Waals surface area contributed by atoms with Crippen molar-refractivity contribution in [3.05, 3.63) is 42.1 Å². The van der Waals surface area contributed by atoms with Crippen LogP contribution in [0.2, 0.25) is 0 Å². The third-order valence-corrected chi connectivity index (χ3v) is 2.57. The van der Waals surface area contributed by atoms with E-state index in [2.05, 4.69) is 16.4 Å². The van der Waals surface area contributed by atoms with Gasteiger partial charge in [0.15, 0.2) is 0 Å². The van der Waals surface area contributed by atoms with Crippen molar-refractivity contribution < 1.29 is 9.53 Å². The van der Waals surface area contributed by atoms with Crippen LogP contribution in [0, 0.1) is 0 Å². The number of carbonyl (C=O) groups excluding carboxylic acids is 1. The summed E-state index contributed by atoms with van der Waals surface area (Å²) in [7, 11) is 0. The summed E-state index contributed by atoms with van der Waals surface area (Å²) in [5, 5.41) is 4.16. The fraction of sp³-hybridized carbons (Fsp3) is 0.286. The molecule has 0 amide bonds. The molecule has 0 fully saturated rings. The highest BCUT2D eigenvalue weighted by molar-refractivity contribution is 5.78. The molecular weight excluding hydrogens is 228 g/mol. The van der Waals surface area contributed by atoms with Gasteiger partial charge < -0.3 is 10.1 Å². The van der Waals surface area contributed by atoms with Gasteiger partial charge in [-0.05, 0) is 30.7 Å². The molecule has 4 heteroatoms. The van der Waals surface area contributed by atoms with E-state index in [1.807, 2.05) is 24.3 Å². The van der Waals surface area contributed by atoms with Crippen LogP contribution < -0.4 is 5.32 Å². The number of aromatic nitrogens is 1. The van der Waals surface area contributed by atoms with E-state index in [9.17, 15) is 4.79 Å². The molecule has 2 rings (SSSR count). The van der Waals surface area contributed by atoms with E-state index < -0.39 is 0 Å². The molecule has 0 bridgehead atoms. The molecule has 1 aromatic carbocycles. The third-order valence-electron chi connectivity index (χ3n) is 2.57. The first-order valence-electron chi connectivity index (χ1n) is 5.99. The zero-order valence-electron chi connectivity index (χ0n) is 10.3. The van der Waals surface area contributed by atoms with Crippen molar-refractivity contribution in [1.29, 1.82) is 0 Å². The van der Waals surface area contributed by atoms with Gasteiger partial charge in [0.1, 0.15) is 0 Å². The molecule has 0 radical (unpaired) electrons. The van der Waals surface area contributed by atoms with Crippen molar-refractivity contribution in [2.75, 3.05) is 13.2 Å². The van der Waals surface area contributed by atoms with E-state index in [1.165, 1.54) is 0 Å². The van der Waals surface area contributed by atoms with Gasteiger partial charge in [-0.2, -0.15) is 0 Å². The summed E-state index contributed by atoms with van der Waals surface area (Å²) in [5.74, 6) is -0.222. The van der Waals surface area contributed by atoms with Crippen molar-refractivity contribution in [1.82, 2.24) is 10.3 Å². The van der Waals surface area contributed by atoms with E-state index in [4.69, 9.17) is 4.74 Å². The fourth-order valence-electron chi connectivity index (χ4n) is 1.76. The minimum absolute atomic E-state index is 0.222. The van der Waals surface area contributed by atoms with E-state index >= 15 is 0 Å². The summed E-state index contributed by atoms with van der Waals surface area (Å²) in [4.78, 5) is 15.4. The van der Waals surface area contributed by atoms with E-state index in [1.54, 1.807) is 13.1 Å². The van der Waals surface area contributed by atoms with Crippen molar-refractivity contribution in [2.45, 2.75) is 13.5 Å². The largest absolute Gasteiger partial charge is 0.465 e. The fourth-order valence-corrected chi connectivity index (χ4v) is 1.76. The van der Waals surface area contributed by atoms with Crippen LogP contribution in [-0.2, 0) is 16.1 Å². The molecule has 1 aromatic heterocycles. The summed E-state index contributed by atoms with van der Waals surface area (Å²) in [6.07, 6.45) is 1.78. The number of esters is 1. The average Bonchev–Trinajstić information content (AvgIpc) is 2.39. The standard InChI is InChI=1S/C14H16N2O2/c1-2-18-14(17)10-15-9-11-5-6-13-12(8-11)4-3-7-16-13/h3-8,15H,2,9-10H2,1H3. The predicted molar refractivity (Wildman–Crippen MR) is 70.1 cm³/mol. The number of nitrogens with one attached hydrogen (secondary N) is 1. The summed E-state index contributed by atoms with van der Waals surface area (Å²) in [6, 6.07) is 10.0. The van der Waals surface area contributed by atoms with Gasteiger partial charge in [-0.15, -0.1) is 0 Å². The summed E-state index contributed by atoms with van der Waals surface area (Å²) in [6.45, 7) is 3.10. The van der Waals surface area contributed by atoms with Crippen LogP contribution in [0.1, 0.15) is 12.5 Å². The smallest absolute Gasteiger partial charge is 0.319 e. The van der Waals surface area contributed by atoms with E-state index in [-0.39, 0.29) is 12.5 Å². The lowest BCUT2D eigenvalue weighted by Crippen LogP contribution is -2.24. The normalized spacial score (nSPS) is 10.5. The number of benzene rings is 1. The van der Waals surface area contributed by atoms with Gasteiger partial charge in [0, 0.05) is 18.1 Å². The van der Waals surface area contributed by atoms with Crippen molar-refractivity contribution >= 4 is 16.9 Å². The van der Waals surface area contributed by atoms with Gasteiger partial charge in [-0.1, -0.05) is 12.1 Å². The number of hydrogen-bond donors (Lipinski definition) is 1. The molecule has 1 heterocycles. The number of pyridine rings is 1. The molecule has 1 N–H and O–H groups in total. The topological polar surface area (TPSA) is 51.2 Å². The Morgan fingerprint density at radius 2 is 2.28 bits per heavy atom. The maximum Gasteiger partial charge on any atom is 0.319 e. The van der Waals surface area contributed by atoms with Crippen LogP contribution in [0.3, 0.4) is 0 Å². The molecule has 18 heavy (non-hydrogen) atoms. The third kappa shape index (κ3) is 3.28. The van der Waals surface area contributed by atoms with Gasteiger partial charge in [-0.25, -0.2) is 0 Å². The Kier molecular flexibility index (Phi) is 4.25. The molecular formula is C14H16N2O2. The van der Waals surface area contributed by atoms with Gasteiger partial charge in [0.25, 0.3) is 0 Å². The first-order chi connectivity index (χ1) is 8.79. The maximum absolute atomic E-state index is 11.2. The number of nitrogens with zero attached hydrogens (tertiary/aromatic N) is 1. The summed E-state index contributed by atoms with van der Waals surface area (Å²) >= 11 is 0. The Bertz CT molecular complexity index is 540. The lowest BCUT2D eigenvalue weighted by atomic mass is 10.1. The highest BCUT2D eigenvalue weighted by atomic mass is 16.5. The first-order valence-corrected chi connectivity index (χ1v) is 5.99. The average molecular weight is 244 g/mol. The molecule has 0 atom stereocenters. The zero-order chi connectivity index (χ0) is 12.8. The number of ether oxygens (including phenoxy) is 1. The highest BCUT2D eigenvalue weighted by Crippen LogP contribution is 2.12. The number of rotatable bonds is 5. The van der Waals surface area contributed by atoms with Crippen LogP contribution in [0.5, 0.6) is 0 Å². The van der Waals surface area contributed by atoms with Crippen LogP contribution in [0.25, 0.3) is 10.9 Å². The maximum atomic E-state index is 11.2. The molecule has 0 unspecified atom stereocenters. The Balaban J connectivity index is 1.93. The second-order valence-electron chi connectivity index (χ2n) is 3.94. The number of fused-ring (bicyclic) bond motifs is 1. The monoisotopic (exact) mass is 244 g/mol. The Hall–Kier alpha value is -1.94. The predicted octanol–water partition coefficient (Wildman–Crippen LogP) is 1.89. The van der Waals surface area contributed by atoms with Crippen molar-refractivity contribution in [3.63, 3.8) is 0 Å². The van der Waals surface area contributed by atoms with Crippen molar-refractivity contribution in [3.8, 4) is 0 Å². The van der Waals surface area contributed by atoms with E-state index in [0.717, 1.165) is 16.5 Å². The second-order valence-corrected chi connectivity index (χ2v) is 3.94. The van der Waals surface area contributed by atoms with Crippen molar-refractivity contribution in [2.24, 2.45) is 0 Å². The molecule has 94 valence electrons. The van der Waals surface area contributed by atoms with Gasteiger partial charge >= 0.3 is 5.97 Å². The van der Waals surface area contributed by atoms with Crippen LogP contribution >= 0.6 is 0 Å². The Labute approximate surface area is 106 Å². The molecule has 0 aliphatic rings.